The molecule has 3 N–H and O–H groups in total. The third-order valence-electron chi connectivity index (χ3n) is 4.19. The zero-order valence-electron chi connectivity index (χ0n) is 15.2. The smallest absolute Gasteiger partial charge is 0.417 e. The van der Waals surface area contributed by atoms with Gasteiger partial charge in [0.15, 0.2) is 17.1 Å². The van der Waals surface area contributed by atoms with Crippen molar-refractivity contribution in [3.63, 3.8) is 0 Å². The van der Waals surface area contributed by atoms with Gasteiger partial charge in [0.25, 0.3) is 5.91 Å². The van der Waals surface area contributed by atoms with E-state index in [1.807, 2.05) is 0 Å². The van der Waals surface area contributed by atoms with Crippen molar-refractivity contribution in [1.29, 1.82) is 0 Å². The van der Waals surface area contributed by atoms with E-state index in [2.05, 4.69) is 10.6 Å². The number of amides is 2. The second-order valence-electron chi connectivity index (χ2n) is 6.56. The van der Waals surface area contributed by atoms with Gasteiger partial charge in [0.05, 0.1) is 17.7 Å². The van der Waals surface area contributed by atoms with Crippen molar-refractivity contribution in [3.8, 4) is 11.5 Å². The molecular weight excluding hydrogens is 393 g/mol. The van der Waals surface area contributed by atoms with Crippen LogP contribution in [0.3, 0.4) is 0 Å². The third kappa shape index (κ3) is 4.60. The molecule has 0 saturated carbocycles. The summed E-state index contributed by atoms with van der Waals surface area (Å²) < 4.78 is 48.7. The Morgan fingerprint density at radius 1 is 1.07 bits per heavy atom. The van der Waals surface area contributed by atoms with Crippen molar-refractivity contribution in [2.75, 3.05) is 17.4 Å². The van der Waals surface area contributed by atoms with Gasteiger partial charge < -0.3 is 25.2 Å². The predicted molar refractivity (Wildman–Crippen MR) is 96.9 cm³/mol. The lowest BCUT2D eigenvalue weighted by Crippen LogP contribution is -2.45. The Kier molecular flexibility index (Phi) is 5.38. The SMILES string of the molecule is CC(O)(CC(=O)Nc1ccccc1C(=O)Nc1ccc2c(c1)OCO2)C(F)(F)F. The summed E-state index contributed by atoms with van der Waals surface area (Å²) in [6.07, 6.45) is -6.19. The van der Waals surface area contributed by atoms with E-state index >= 15 is 0 Å². The molecule has 2 aromatic rings. The fourth-order valence-electron chi connectivity index (χ4n) is 2.57. The van der Waals surface area contributed by atoms with Gasteiger partial charge in [-0.15, -0.1) is 0 Å². The number of aliphatic hydroxyl groups is 1. The molecule has 10 heteroatoms. The molecule has 154 valence electrons. The van der Waals surface area contributed by atoms with Crippen LogP contribution < -0.4 is 20.1 Å². The largest absolute Gasteiger partial charge is 0.454 e. The summed E-state index contributed by atoms with van der Waals surface area (Å²) >= 11 is 0. The molecule has 29 heavy (non-hydrogen) atoms. The number of rotatable bonds is 5. The van der Waals surface area contributed by atoms with Crippen LogP contribution in [0.25, 0.3) is 0 Å². The number of hydrogen-bond donors (Lipinski definition) is 3. The Labute approximate surface area is 163 Å². The number of nitrogens with one attached hydrogen (secondary N) is 2. The lowest BCUT2D eigenvalue weighted by Gasteiger charge is -2.25. The van der Waals surface area contributed by atoms with Crippen LogP contribution in [0.15, 0.2) is 42.5 Å². The molecule has 0 aromatic heterocycles. The number of para-hydroxylation sites is 1. The van der Waals surface area contributed by atoms with Crippen LogP contribution in [0.5, 0.6) is 11.5 Å². The first-order chi connectivity index (χ1) is 13.6. The topological polar surface area (TPSA) is 96.9 Å². The molecule has 1 aliphatic rings. The summed E-state index contributed by atoms with van der Waals surface area (Å²) in [5.74, 6) is -0.691. The van der Waals surface area contributed by atoms with Crippen molar-refractivity contribution < 1.29 is 37.3 Å². The van der Waals surface area contributed by atoms with E-state index < -0.39 is 30.0 Å². The second kappa shape index (κ2) is 7.63. The number of carbonyl (C=O) groups is 2. The van der Waals surface area contributed by atoms with Gasteiger partial charge in [-0.1, -0.05) is 12.1 Å². The number of hydrogen-bond acceptors (Lipinski definition) is 5. The van der Waals surface area contributed by atoms with E-state index in [-0.39, 0.29) is 18.0 Å². The van der Waals surface area contributed by atoms with Crippen LogP contribution >= 0.6 is 0 Å². The van der Waals surface area contributed by atoms with Crippen LogP contribution in [-0.4, -0.2) is 35.5 Å². The van der Waals surface area contributed by atoms with Crippen LogP contribution in [0.1, 0.15) is 23.7 Å². The molecule has 0 radical (unpaired) electrons. The monoisotopic (exact) mass is 410 g/mol. The third-order valence-corrected chi connectivity index (χ3v) is 4.19. The van der Waals surface area contributed by atoms with Gasteiger partial charge in [-0.3, -0.25) is 9.59 Å². The molecule has 0 fully saturated rings. The van der Waals surface area contributed by atoms with Crippen LogP contribution in [0.4, 0.5) is 24.5 Å². The van der Waals surface area contributed by atoms with E-state index in [0.29, 0.717) is 24.1 Å². The molecule has 0 bridgehead atoms. The normalized spacial score (nSPS) is 14.8. The Balaban J connectivity index is 1.73. The molecule has 2 aromatic carbocycles. The molecule has 3 rings (SSSR count). The first-order valence-corrected chi connectivity index (χ1v) is 8.46. The number of alkyl halides is 3. The lowest BCUT2D eigenvalue weighted by atomic mass is 10.0. The zero-order valence-corrected chi connectivity index (χ0v) is 15.2. The first kappa shape index (κ1) is 20.5. The van der Waals surface area contributed by atoms with Crippen molar-refractivity contribution in [2.45, 2.75) is 25.1 Å². The van der Waals surface area contributed by atoms with Gasteiger partial charge in [0, 0.05) is 11.8 Å². The maximum atomic E-state index is 12.8. The van der Waals surface area contributed by atoms with E-state index in [1.165, 1.54) is 24.3 Å². The minimum Gasteiger partial charge on any atom is -0.454 e. The van der Waals surface area contributed by atoms with E-state index in [4.69, 9.17) is 9.47 Å². The Morgan fingerprint density at radius 3 is 2.48 bits per heavy atom. The highest BCUT2D eigenvalue weighted by Gasteiger charge is 2.51. The van der Waals surface area contributed by atoms with Crippen LogP contribution in [-0.2, 0) is 4.79 Å². The van der Waals surface area contributed by atoms with E-state index in [1.54, 1.807) is 18.2 Å². The molecule has 2 amide bonds. The quantitative estimate of drug-likeness (QED) is 0.703. The number of fused-ring (bicyclic) bond motifs is 1. The standard InChI is InChI=1S/C19H17F3N2O5/c1-18(27,19(20,21)22)9-16(25)24-13-5-3-2-4-12(13)17(26)23-11-6-7-14-15(8-11)29-10-28-14/h2-8,27H,9-10H2,1H3,(H,23,26)(H,24,25). The predicted octanol–water partition coefficient (Wildman–Crippen LogP) is 3.31. The molecule has 1 heterocycles. The van der Waals surface area contributed by atoms with Crippen molar-refractivity contribution in [3.05, 3.63) is 48.0 Å². The minimum absolute atomic E-state index is 0.00807. The van der Waals surface area contributed by atoms with Crippen LogP contribution in [0.2, 0.25) is 0 Å². The highest BCUT2D eigenvalue weighted by Crippen LogP contribution is 2.35. The Morgan fingerprint density at radius 2 is 1.76 bits per heavy atom. The van der Waals surface area contributed by atoms with Gasteiger partial charge in [-0.2, -0.15) is 13.2 Å². The van der Waals surface area contributed by atoms with Gasteiger partial charge >= 0.3 is 6.18 Å². The average Bonchev–Trinajstić information content (AvgIpc) is 3.08. The van der Waals surface area contributed by atoms with Gasteiger partial charge in [0.1, 0.15) is 0 Å². The van der Waals surface area contributed by atoms with Crippen molar-refractivity contribution >= 4 is 23.2 Å². The summed E-state index contributed by atoms with van der Waals surface area (Å²) in [6.45, 7) is 0.578. The molecular formula is C19H17F3N2O5. The molecule has 0 spiro atoms. The lowest BCUT2D eigenvalue weighted by molar-refractivity contribution is -0.252. The molecule has 1 unspecified atom stereocenters. The number of ether oxygens (including phenoxy) is 2. The van der Waals surface area contributed by atoms with Gasteiger partial charge in [-0.25, -0.2) is 0 Å². The second-order valence-corrected chi connectivity index (χ2v) is 6.56. The number of benzene rings is 2. The summed E-state index contributed by atoms with van der Waals surface area (Å²) in [5, 5.41) is 14.3. The molecule has 0 saturated heterocycles. The number of carbonyl (C=O) groups excluding carboxylic acids is 2. The minimum atomic E-state index is -4.97. The molecule has 1 atom stereocenters. The first-order valence-electron chi connectivity index (χ1n) is 8.46. The summed E-state index contributed by atoms with van der Waals surface area (Å²) in [4.78, 5) is 24.6. The van der Waals surface area contributed by atoms with E-state index in [9.17, 15) is 27.9 Å². The van der Waals surface area contributed by atoms with Gasteiger partial charge in [-0.05, 0) is 31.2 Å². The molecule has 0 aliphatic carbocycles. The maximum absolute atomic E-state index is 12.8. The molecule has 7 nitrogen and oxygen atoms in total. The van der Waals surface area contributed by atoms with Crippen molar-refractivity contribution in [1.82, 2.24) is 0 Å². The summed E-state index contributed by atoms with van der Waals surface area (Å²) in [5.41, 5.74) is -2.75. The number of halogens is 3. The Bertz CT molecular complexity index is 944. The highest BCUT2D eigenvalue weighted by molar-refractivity contribution is 6.10. The average molecular weight is 410 g/mol. The molecule has 1 aliphatic heterocycles. The highest BCUT2D eigenvalue weighted by atomic mass is 19.4. The Hall–Kier alpha value is -3.27. The number of anilines is 2. The summed E-state index contributed by atoms with van der Waals surface area (Å²) in [7, 11) is 0. The van der Waals surface area contributed by atoms with Crippen LogP contribution in [0, 0.1) is 0 Å². The fraction of sp³-hybridized carbons (Fsp3) is 0.263. The maximum Gasteiger partial charge on any atom is 0.417 e. The van der Waals surface area contributed by atoms with E-state index in [0.717, 1.165) is 0 Å². The zero-order chi connectivity index (χ0) is 21.2. The fourth-order valence-corrected chi connectivity index (χ4v) is 2.57. The van der Waals surface area contributed by atoms with Crippen molar-refractivity contribution in [2.24, 2.45) is 0 Å². The summed E-state index contributed by atoms with van der Waals surface area (Å²) in [6, 6.07) is 10.6. The van der Waals surface area contributed by atoms with Gasteiger partial charge in [0.2, 0.25) is 12.7 Å².